The molecule has 2 heterocycles. The summed E-state index contributed by atoms with van der Waals surface area (Å²) >= 11 is 0. The molecule has 0 saturated carbocycles. The van der Waals surface area contributed by atoms with Gasteiger partial charge in [0.1, 0.15) is 23.2 Å². The summed E-state index contributed by atoms with van der Waals surface area (Å²) in [5.41, 5.74) is 5.84. The van der Waals surface area contributed by atoms with Gasteiger partial charge in [0.25, 0.3) is 11.5 Å². The van der Waals surface area contributed by atoms with E-state index < -0.39 is 11.5 Å². The number of ether oxygens (including phenoxy) is 2. The van der Waals surface area contributed by atoms with Crippen LogP contribution in [-0.4, -0.2) is 39.6 Å². The predicted molar refractivity (Wildman–Crippen MR) is 116 cm³/mol. The number of aryl methyl sites for hydroxylation is 2. The summed E-state index contributed by atoms with van der Waals surface area (Å²) < 4.78 is 13.0. The number of aromatic nitrogens is 4. The number of carbonyl (C=O) groups is 1. The summed E-state index contributed by atoms with van der Waals surface area (Å²) in [5, 5.41) is 4.60. The van der Waals surface area contributed by atoms with E-state index in [4.69, 9.17) is 9.47 Å². The van der Waals surface area contributed by atoms with E-state index in [2.05, 4.69) is 15.5 Å². The number of nitrogens with one attached hydrogen (secondary N) is 1. The fourth-order valence-electron chi connectivity index (χ4n) is 3.15. The number of benzene rings is 2. The Hall–Kier alpha value is -4.14. The van der Waals surface area contributed by atoms with Crippen LogP contribution in [0.15, 0.2) is 53.7 Å². The Kier molecular flexibility index (Phi) is 5.16. The number of rotatable bonds is 5. The largest absolute Gasteiger partial charge is 0.497 e. The molecular formula is C22H21N5O4. The van der Waals surface area contributed by atoms with Crippen molar-refractivity contribution >= 4 is 16.9 Å². The van der Waals surface area contributed by atoms with Crippen LogP contribution in [-0.2, 0) is 0 Å². The lowest BCUT2D eigenvalue weighted by Crippen LogP contribution is -2.33. The number of carbonyl (C=O) groups excluding carboxylic acids is 1. The van der Waals surface area contributed by atoms with Crippen molar-refractivity contribution in [2.45, 2.75) is 13.8 Å². The molecule has 1 N–H and O–H groups in total. The van der Waals surface area contributed by atoms with Gasteiger partial charge >= 0.3 is 0 Å². The van der Waals surface area contributed by atoms with Crippen LogP contribution in [0.25, 0.3) is 16.7 Å². The zero-order valence-electron chi connectivity index (χ0n) is 17.5. The summed E-state index contributed by atoms with van der Waals surface area (Å²) in [6.45, 7) is 4.03. The van der Waals surface area contributed by atoms with Crippen LogP contribution < -0.4 is 20.5 Å². The van der Waals surface area contributed by atoms with Crippen LogP contribution in [0, 0.1) is 13.8 Å². The highest BCUT2D eigenvalue weighted by Gasteiger charge is 2.15. The number of hydrogen-bond acceptors (Lipinski definition) is 6. The van der Waals surface area contributed by atoms with Crippen molar-refractivity contribution in [1.29, 1.82) is 0 Å². The molecule has 0 bridgehead atoms. The molecule has 4 aromatic rings. The van der Waals surface area contributed by atoms with Gasteiger partial charge in [-0.3, -0.25) is 15.0 Å². The average Bonchev–Trinajstić information content (AvgIpc) is 3.22. The molecule has 0 aliphatic carbocycles. The van der Waals surface area contributed by atoms with E-state index in [1.165, 1.54) is 26.7 Å². The fraction of sp³-hybridized carbons (Fsp3) is 0.182. The molecule has 2 aromatic heterocycles. The van der Waals surface area contributed by atoms with Gasteiger partial charge in [-0.2, -0.15) is 5.10 Å². The molecule has 1 amide bonds. The number of hydrogen-bond donors (Lipinski definition) is 1. The third-order valence-electron chi connectivity index (χ3n) is 5.06. The van der Waals surface area contributed by atoms with Crippen LogP contribution in [0.1, 0.15) is 21.5 Å². The van der Waals surface area contributed by atoms with Gasteiger partial charge in [-0.1, -0.05) is 6.07 Å². The number of methoxy groups -OCH3 is 2. The zero-order chi connectivity index (χ0) is 22.1. The van der Waals surface area contributed by atoms with Crippen molar-refractivity contribution in [1.82, 2.24) is 19.4 Å². The molecule has 31 heavy (non-hydrogen) atoms. The van der Waals surface area contributed by atoms with Crippen LogP contribution in [0.4, 0.5) is 0 Å². The highest BCUT2D eigenvalue weighted by atomic mass is 16.5. The first-order chi connectivity index (χ1) is 14.9. The van der Waals surface area contributed by atoms with E-state index in [0.717, 1.165) is 21.5 Å². The Labute approximate surface area is 177 Å². The third-order valence-corrected chi connectivity index (χ3v) is 5.06. The second-order valence-corrected chi connectivity index (χ2v) is 7.02. The Morgan fingerprint density at radius 1 is 1.00 bits per heavy atom. The molecular weight excluding hydrogens is 398 g/mol. The molecule has 0 radical (unpaired) electrons. The van der Waals surface area contributed by atoms with Gasteiger partial charge < -0.3 is 9.47 Å². The molecule has 0 atom stereocenters. The lowest BCUT2D eigenvalue weighted by atomic mass is 10.1. The van der Waals surface area contributed by atoms with Gasteiger partial charge in [0.15, 0.2) is 5.65 Å². The molecule has 0 aliphatic rings. The van der Waals surface area contributed by atoms with Gasteiger partial charge in [0.05, 0.1) is 26.1 Å². The average molecular weight is 419 g/mol. The Balaban J connectivity index is 1.69. The van der Waals surface area contributed by atoms with Crippen LogP contribution in [0.3, 0.4) is 0 Å². The van der Waals surface area contributed by atoms with Crippen LogP contribution in [0.5, 0.6) is 11.5 Å². The van der Waals surface area contributed by atoms with Gasteiger partial charge in [-0.15, -0.1) is 0 Å². The second-order valence-electron chi connectivity index (χ2n) is 7.02. The number of amides is 1. The van der Waals surface area contributed by atoms with E-state index in [1.807, 2.05) is 32.0 Å². The molecule has 0 aliphatic heterocycles. The Bertz CT molecular complexity index is 1330. The molecule has 9 nitrogen and oxygen atoms in total. The SMILES string of the molecule is COc1cc(OC)cc(C(=O)Nn2cnc3c(cnn3-c3ccc(C)c(C)c3)c2=O)c1. The van der Waals surface area contributed by atoms with Gasteiger partial charge in [-0.05, 0) is 49.2 Å². The van der Waals surface area contributed by atoms with Gasteiger partial charge in [0, 0.05) is 11.6 Å². The number of nitrogens with zero attached hydrogens (tertiary/aromatic N) is 4. The Morgan fingerprint density at radius 2 is 1.71 bits per heavy atom. The van der Waals surface area contributed by atoms with Crippen molar-refractivity contribution in [2.24, 2.45) is 0 Å². The number of fused-ring (bicyclic) bond motifs is 1. The third kappa shape index (κ3) is 3.73. The van der Waals surface area contributed by atoms with Crippen molar-refractivity contribution in [2.75, 3.05) is 19.6 Å². The summed E-state index contributed by atoms with van der Waals surface area (Å²) in [7, 11) is 2.98. The summed E-state index contributed by atoms with van der Waals surface area (Å²) in [6, 6.07) is 10.6. The molecule has 0 spiro atoms. The lowest BCUT2D eigenvalue weighted by molar-refractivity contribution is 0.101. The maximum absolute atomic E-state index is 12.9. The summed E-state index contributed by atoms with van der Waals surface area (Å²) in [6.07, 6.45) is 2.70. The van der Waals surface area contributed by atoms with E-state index in [0.29, 0.717) is 17.1 Å². The molecule has 4 rings (SSSR count). The minimum atomic E-state index is -0.512. The highest BCUT2D eigenvalue weighted by Crippen LogP contribution is 2.22. The maximum atomic E-state index is 12.9. The monoisotopic (exact) mass is 419 g/mol. The minimum absolute atomic E-state index is 0.272. The van der Waals surface area contributed by atoms with Crippen molar-refractivity contribution in [3.05, 3.63) is 76.0 Å². The molecule has 158 valence electrons. The van der Waals surface area contributed by atoms with E-state index in [-0.39, 0.29) is 10.9 Å². The quantitative estimate of drug-likeness (QED) is 0.534. The van der Waals surface area contributed by atoms with E-state index in [9.17, 15) is 9.59 Å². The van der Waals surface area contributed by atoms with Gasteiger partial charge in [0.2, 0.25) is 0 Å². The van der Waals surface area contributed by atoms with Crippen LogP contribution >= 0.6 is 0 Å². The smallest absolute Gasteiger partial charge is 0.283 e. The molecule has 0 saturated heterocycles. The minimum Gasteiger partial charge on any atom is -0.497 e. The summed E-state index contributed by atoms with van der Waals surface area (Å²) in [5.74, 6) is 0.405. The normalized spacial score (nSPS) is 10.8. The van der Waals surface area contributed by atoms with Gasteiger partial charge in [-0.25, -0.2) is 14.3 Å². The predicted octanol–water partition coefficient (Wildman–Crippen LogP) is 2.60. The second kappa shape index (κ2) is 7.94. The van der Waals surface area contributed by atoms with Crippen LogP contribution in [0.2, 0.25) is 0 Å². The lowest BCUT2D eigenvalue weighted by Gasteiger charge is -2.11. The van der Waals surface area contributed by atoms with Crippen molar-refractivity contribution in [3.8, 4) is 17.2 Å². The Morgan fingerprint density at radius 3 is 2.35 bits per heavy atom. The fourth-order valence-corrected chi connectivity index (χ4v) is 3.15. The molecule has 2 aromatic carbocycles. The first-order valence-electron chi connectivity index (χ1n) is 9.48. The van der Waals surface area contributed by atoms with Crippen molar-refractivity contribution in [3.63, 3.8) is 0 Å². The molecule has 0 unspecified atom stereocenters. The van der Waals surface area contributed by atoms with E-state index >= 15 is 0 Å². The molecule has 0 fully saturated rings. The molecule has 9 heteroatoms. The standard InChI is InChI=1S/C22H21N5O4/c1-13-5-6-16(7-14(13)2)27-20-19(11-24-27)22(29)26(12-23-20)25-21(28)15-8-17(30-3)10-18(9-15)31-4/h5-12H,1-4H3,(H,25,28). The maximum Gasteiger partial charge on any atom is 0.283 e. The highest BCUT2D eigenvalue weighted by molar-refractivity contribution is 6.00. The first-order valence-corrected chi connectivity index (χ1v) is 9.48. The topological polar surface area (TPSA) is 100 Å². The zero-order valence-corrected chi connectivity index (χ0v) is 17.5. The summed E-state index contributed by atoms with van der Waals surface area (Å²) in [4.78, 5) is 30.0. The van der Waals surface area contributed by atoms with E-state index in [1.54, 1.807) is 22.9 Å². The first kappa shape index (κ1) is 20.1. The van der Waals surface area contributed by atoms with Crippen molar-refractivity contribution < 1.29 is 14.3 Å².